The smallest absolute Gasteiger partial charge is 0.234 e. The van der Waals surface area contributed by atoms with E-state index in [4.69, 9.17) is 0 Å². The summed E-state index contributed by atoms with van der Waals surface area (Å²) in [6.45, 7) is 0. The molecule has 2 aromatic carbocycles. The standard InChI is InChI=1S/C16H14BrN3OS/c17-11-5-7-12(8-6-11)18-16(21)10-22-9-15-19-13-3-1-2-4-14(13)20-15/h1-8H,9-10H2,(H,18,21)(H,19,20). The maximum absolute atomic E-state index is 11.9. The summed E-state index contributed by atoms with van der Waals surface area (Å²) in [5.41, 5.74) is 2.78. The molecule has 0 radical (unpaired) electrons. The number of imidazole rings is 1. The number of nitrogens with zero attached hydrogens (tertiary/aromatic N) is 1. The Hall–Kier alpha value is -1.79. The molecule has 22 heavy (non-hydrogen) atoms. The molecule has 0 saturated carbocycles. The van der Waals surface area contributed by atoms with E-state index in [1.54, 1.807) is 0 Å². The fraction of sp³-hybridized carbons (Fsp3) is 0.125. The number of para-hydroxylation sites is 2. The summed E-state index contributed by atoms with van der Waals surface area (Å²) in [6, 6.07) is 15.4. The van der Waals surface area contributed by atoms with Gasteiger partial charge in [-0.2, -0.15) is 0 Å². The van der Waals surface area contributed by atoms with Crippen molar-refractivity contribution in [2.24, 2.45) is 0 Å². The molecule has 0 aliphatic heterocycles. The quantitative estimate of drug-likeness (QED) is 0.702. The fourth-order valence-electron chi connectivity index (χ4n) is 2.04. The highest BCUT2D eigenvalue weighted by atomic mass is 79.9. The number of anilines is 1. The first-order valence-corrected chi connectivity index (χ1v) is 8.72. The van der Waals surface area contributed by atoms with E-state index in [-0.39, 0.29) is 5.91 Å². The highest BCUT2D eigenvalue weighted by Gasteiger charge is 2.05. The van der Waals surface area contributed by atoms with Crippen LogP contribution in [-0.4, -0.2) is 21.6 Å². The van der Waals surface area contributed by atoms with Crippen molar-refractivity contribution in [3.05, 3.63) is 58.8 Å². The Balaban J connectivity index is 1.49. The van der Waals surface area contributed by atoms with Gasteiger partial charge in [-0.15, -0.1) is 11.8 Å². The van der Waals surface area contributed by atoms with Crippen LogP contribution in [0, 0.1) is 0 Å². The van der Waals surface area contributed by atoms with E-state index in [0.29, 0.717) is 11.5 Å². The van der Waals surface area contributed by atoms with Crippen LogP contribution < -0.4 is 5.32 Å². The third-order valence-corrected chi connectivity index (χ3v) is 4.51. The molecule has 0 atom stereocenters. The number of H-pyrrole nitrogens is 1. The average Bonchev–Trinajstić information content (AvgIpc) is 2.92. The molecular formula is C16H14BrN3OS. The Morgan fingerprint density at radius 1 is 1.18 bits per heavy atom. The summed E-state index contributed by atoms with van der Waals surface area (Å²) in [5.74, 6) is 1.96. The second kappa shape index (κ2) is 6.98. The SMILES string of the molecule is O=C(CSCc1nc2ccccc2[nH]1)Nc1ccc(Br)cc1. The third kappa shape index (κ3) is 3.90. The molecular weight excluding hydrogens is 362 g/mol. The molecule has 1 aromatic heterocycles. The number of amides is 1. The molecule has 0 unspecified atom stereocenters. The van der Waals surface area contributed by atoms with E-state index in [2.05, 4.69) is 31.2 Å². The minimum Gasteiger partial charge on any atom is -0.341 e. The number of hydrogen-bond donors (Lipinski definition) is 2. The van der Waals surface area contributed by atoms with E-state index < -0.39 is 0 Å². The average molecular weight is 376 g/mol. The van der Waals surface area contributed by atoms with Gasteiger partial charge in [-0.3, -0.25) is 4.79 Å². The Morgan fingerprint density at radius 3 is 2.73 bits per heavy atom. The second-order valence-electron chi connectivity index (χ2n) is 4.75. The van der Waals surface area contributed by atoms with E-state index in [0.717, 1.165) is 27.0 Å². The number of benzene rings is 2. The monoisotopic (exact) mass is 375 g/mol. The van der Waals surface area contributed by atoms with Gasteiger partial charge in [-0.25, -0.2) is 4.98 Å². The van der Waals surface area contributed by atoms with Crippen LogP contribution in [0.3, 0.4) is 0 Å². The first-order valence-electron chi connectivity index (χ1n) is 6.77. The number of nitrogens with one attached hydrogen (secondary N) is 2. The first-order chi connectivity index (χ1) is 10.7. The number of rotatable bonds is 5. The number of fused-ring (bicyclic) bond motifs is 1. The zero-order chi connectivity index (χ0) is 15.4. The summed E-state index contributed by atoms with van der Waals surface area (Å²) in [6.07, 6.45) is 0. The van der Waals surface area contributed by atoms with Crippen molar-refractivity contribution in [2.75, 3.05) is 11.1 Å². The molecule has 4 nitrogen and oxygen atoms in total. The molecule has 0 bridgehead atoms. The Bertz CT molecular complexity index is 752. The molecule has 6 heteroatoms. The van der Waals surface area contributed by atoms with Gasteiger partial charge < -0.3 is 10.3 Å². The molecule has 1 amide bonds. The molecule has 1 heterocycles. The van der Waals surface area contributed by atoms with Crippen molar-refractivity contribution < 1.29 is 4.79 Å². The van der Waals surface area contributed by atoms with Gasteiger partial charge in [-0.05, 0) is 36.4 Å². The normalized spacial score (nSPS) is 10.8. The number of aromatic amines is 1. The van der Waals surface area contributed by atoms with Crippen LogP contribution in [0.5, 0.6) is 0 Å². The van der Waals surface area contributed by atoms with E-state index >= 15 is 0 Å². The summed E-state index contributed by atoms with van der Waals surface area (Å²) in [5, 5.41) is 2.87. The summed E-state index contributed by atoms with van der Waals surface area (Å²) >= 11 is 4.90. The van der Waals surface area contributed by atoms with Crippen LogP contribution >= 0.6 is 27.7 Å². The van der Waals surface area contributed by atoms with Crippen molar-refractivity contribution in [2.45, 2.75) is 5.75 Å². The lowest BCUT2D eigenvalue weighted by atomic mass is 10.3. The minimum absolute atomic E-state index is 0.0107. The van der Waals surface area contributed by atoms with Gasteiger partial charge in [0, 0.05) is 10.2 Å². The molecule has 0 saturated heterocycles. The largest absolute Gasteiger partial charge is 0.341 e. The number of carbonyl (C=O) groups is 1. The van der Waals surface area contributed by atoms with Gasteiger partial charge in [0.15, 0.2) is 0 Å². The maximum Gasteiger partial charge on any atom is 0.234 e. The van der Waals surface area contributed by atoms with Gasteiger partial charge in [0.05, 0.1) is 22.5 Å². The molecule has 0 aliphatic rings. The number of halogens is 1. The lowest BCUT2D eigenvalue weighted by Gasteiger charge is -2.04. The Morgan fingerprint density at radius 2 is 1.95 bits per heavy atom. The van der Waals surface area contributed by atoms with Crippen LogP contribution in [0.25, 0.3) is 11.0 Å². The van der Waals surface area contributed by atoms with Crippen LogP contribution in [0.1, 0.15) is 5.82 Å². The zero-order valence-corrected chi connectivity index (χ0v) is 14.1. The van der Waals surface area contributed by atoms with Crippen molar-refractivity contribution in [3.8, 4) is 0 Å². The molecule has 112 valence electrons. The lowest BCUT2D eigenvalue weighted by Crippen LogP contribution is -2.14. The van der Waals surface area contributed by atoms with Gasteiger partial charge in [0.1, 0.15) is 5.82 Å². The van der Waals surface area contributed by atoms with Crippen molar-refractivity contribution in [1.29, 1.82) is 0 Å². The summed E-state index contributed by atoms with van der Waals surface area (Å²) < 4.78 is 0.991. The first kappa shape index (κ1) is 15.1. The van der Waals surface area contributed by atoms with Crippen molar-refractivity contribution >= 4 is 50.3 Å². The van der Waals surface area contributed by atoms with Crippen molar-refractivity contribution in [3.63, 3.8) is 0 Å². The van der Waals surface area contributed by atoms with Gasteiger partial charge in [0.25, 0.3) is 0 Å². The predicted octanol–water partition coefficient (Wildman–Crippen LogP) is 4.20. The molecule has 3 rings (SSSR count). The van der Waals surface area contributed by atoms with Crippen LogP contribution in [-0.2, 0) is 10.5 Å². The molecule has 0 aliphatic carbocycles. The number of thioether (sulfide) groups is 1. The highest BCUT2D eigenvalue weighted by Crippen LogP contribution is 2.17. The Labute approximate surface area is 140 Å². The van der Waals surface area contributed by atoms with E-state index in [1.165, 1.54) is 11.8 Å². The second-order valence-corrected chi connectivity index (χ2v) is 6.65. The molecule has 3 aromatic rings. The van der Waals surface area contributed by atoms with Crippen molar-refractivity contribution in [1.82, 2.24) is 9.97 Å². The number of hydrogen-bond acceptors (Lipinski definition) is 3. The van der Waals surface area contributed by atoms with Crippen LogP contribution in [0.4, 0.5) is 5.69 Å². The van der Waals surface area contributed by atoms with Crippen LogP contribution in [0.2, 0.25) is 0 Å². The van der Waals surface area contributed by atoms with E-state index in [9.17, 15) is 4.79 Å². The predicted molar refractivity (Wildman–Crippen MR) is 95.0 cm³/mol. The highest BCUT2D eigenvalue weighted by molar-refractivity contribution is 9.10. The molecule has 0 fully saturated rings. The molecule has 0 spiro atoms. The fourth-order valence-corrected chi connectivity index (χ4v) is 3.00. The zero-order valence-electron chi connectivity index (χ0n) is 11.7. The lowest BCUT2D eigenvalue weighted by molar-refractivity contribution is -0.113. The van der Waals surface area contributed by atoms with Crippen LogP contribution in [0.15, 0.2) is 53.0 Å². The van der Waals surface area contributed by atoms with Gasteiger partial charge >= 0.3 is 0 Å². The summed E-state index contributed by atoms with van der Waals surface area (Å²) in [7, 11) is 0. The number of carbonyl (C=O) groups excluding carboxylic acids is 1. The topological polar surface area (TPSA) is 57.8 Å². The van der Waals surface area contributed by atoms with E-state index in [1.807, 2.05) is 48.5 Å². The minimum atomic E-state index is -0.0107. The third-order valence-electron chi connectivity index (χ3n) is 3.04. The Kier molecular flexibility index (Phi) is 4.80. The van der Waals surface area contributed by atoms with Gasteiger partial charge in [0.2, 0.25) is 5.91 Å². The van der Waals surface area contributed by atoms with Gasteiger partial charge in [-0.1, -0.05) is 28.1 Å². The number of aromatic nitrogens is 2. The summed E-state index contributed by atoms with van der Waals surface area (Å²) in [4.78, 5) is 19.6. The maximum atomic E-state index is 11.9. The molecule has 2 N–H and O–H groups in total.